The Labute approximate surface area is 136 Å². The number of carbonyl (C=O) groups is 1. The first-order valence-electron chi connectivity index (χ1n) is 6.44. The van der Waals surface area contributed by atoms with Crippen LogP contribution in [0.3, 0.4) is 0 Å². The summed E-state index contributed by atoms with van der Waals surface area (Å²) in [5, 5.41) is 1.60. The fourth-order valence-electron chi connectivity index (χ4n) is 1.98. The smallest absolute Gasteiger partial charge is 0.491 e. The molecule has 1 aliphatic heterocycles. The minimum Gasteiger partial charge on any atom is -0.491 e. The fraction of sp³-hybridized carbons (Fsp3) is 0.417. The van der Waals surface area contributed by atoms with E-state index >= 15 is 0 Å². The van der Waals surface area contributed by atoms with Gasteiger partial charge in [0, 0.05) is 12.0 Å². The van der Waals surface area contributed by atoms with Crippen LogP contribution >= 0.6 is 0 Å². The number of halogens is 6. The summed E-state index contributed by atoms with van der Waals surface area (Å²) < 4.78 is 105. The molecule has 2 rings (SSSR count). The topological polar surface area (TPSA) is 81.7 Å². The predicted octanol–water partition coefficient (Wildman–Crippen LogP) is 1.90. The van der Waals surface area contributed by atoms with Crippen molar-refractivity contribution >= 4 is 16.0 Å². The van der Waals surface area contributed by atoms with Crippen LogP contribution in [0, 0.1) is 0 Å². The lowest BCUT2D eigenvalue weighted by molar-refractivity contribution is -0.174. The highest BCUT2D eigenvalue weighted by Crippen LogP contribution is 2.36. The monoisotopic (exact) mass is 393 g/mol. The Morgan fingerprint density at radius 1 is 1.20 bits per heavy atom. The number of carbonyl (C=O) groups excluding carboxylic acids is 1. The average Bonchev–Trinajstić information content (AvgIpc) is 2.45. The maximum atomic E-state index is 12.4. The zero-order valence-corrected chi connectivity index (χ0v) is 12.8. The lowest BCUT2D eigenvalue weighted by Gasteiger charge is -2.27. The first kappa shape index (κ1) is 19.1. The Morgan fingerprint density at radius 2 is 1.84 bits per heavy atom. The molecule has 0 fully saturated rings. The number of ether oxygens (including phenoxy) is 1. The number of nitrogens with one attached hydrogen (secondary N) is 1. The predicted molar refractivity (Wildman–Crippen MR) is 69.2 cm³/mol. The molecular weight excluding hydrogens is 384 g/mol. The van der Waals surface area contributed by atoms with Gasteiger partial charge in [-0.2, -0.15) is 34.8 Å². The SMILES string of the molecule is O=C(NC1COc2cccc(OS(=O)(=O)C(F)(F)F)c2C1)C(F)(F)F. The van der Waals surface area contributed by atoms with Crippen molar-refractivity contribution in [2.75, 3.05) is 6.61 Å². The van der Waals surface area contributed by atoms with E-state index in [0.717, 1.165) is 12.1 Å². The van der Waals surface area contributed by atoms with Crippen molar-refractivity contribution in [3.63, 3.8) is 0 Å². The summed E-state index contributed by atoms with van der Waals surface area (Å²) in [5.74, 6) is -3.07. The maximum Gasteiger partial charge on any atom is 0.534 e. The molecule has 1 aromatic carbocycles. The van der Waals surface area contributed by atoms with Gasteiger partial charge in [0.1, 0.15) is 18.1 Å². The van der Waals surface area contributed by atoms with Gasteiger partial charge in [0.05, 0.1) is 6.04 Å². The first-order valence-corrected chi connectivity index (χ1v) is 7.85. The number of benzene rings is 1. The van der Waals surface area contributed by atoms with Gasteiger partial charge < -0.3 is 14.2 Å². The second-order valence-electron chi connectivity index (χ2n) is 4.90. The van der Waals surface area contributed by atoms with Gasteiger partial charge >= 0.3 is 27.7 Å². The van der Waals surface area contributed by atoms with E-state index in [1.165, 1.54) is 6.07 Å². The zero-order valence-electron chi connectivity index (χ0n) is 11.9. The van der Waals surface area contributed by atoms with Crippen LogP contribution in [-0.2, 0) is 21.3 Å². The third kappa shape index (κ3) is 4.27. The Bertz CT molecular complexity index is 773. The molecule has 0 radical (unpaired) electrons. The van der Waals surface area contributed by atoms with E-state index in [2.05, 4.69) is 4.18 Å². The summed E-state index contributed by atoms with van der Waals surface area (Å²) in [7, 11) is -5.97. The number of hydrogen-bond acceptors (Lipinski definition) is 5. The second kappa shape index (κ2) is 6.28. The van der Waals surface area contributed by atoms with Crippen LogP contribution in [0.5, 0.6) is 11.5 Å². The first-order chi connectivity index (χ1) is 11.3. The van der Waals surface area contributed by atoms with Crippen molar-refractivity contribution in [3.05, 3.63) is 23.8 Å². The minimum absolute atomic E-state index is 0.0626. The van der Waals surface area contributed by atoms with Crippen LogP contribution < -0.4 is 14.2 Å². The van der Waals surface area contributed by atoms with Crippen molar-refractivity contribution < 1.29 is 48.5 Å². The molecule has 0 saturated heterocycles. The summed E-state index contributed by atoms with van der Waals surface area (Å²) in [6.45, 7) is -0.385. The number of amides is 1. The quantitative estimate of drug-likeness (QED) is 0.482. The number of rotatable bonds is 3. The molecule has 0 aromatic heterocycles. The summed E-state index contributed by atoms with van der Waals surface area (Å²) in [6.07, 6.45) is -5.57. The molecule has 25 heavy (non-hydrogen) atoms. The number of hydrogen-bond donors (Lipinski definition) is 1. The van der Waals surface area contributed by atoms with Crippen LogP contribution in [0.25, 0.3) is 0 Å². The maximum absolute atomic E-state index is 12.4. The number of alkyl halides is 6. The molecule has 1 N–H and O–H groups in total. The molecule has 0 bridgehead atoms. The van der Waals surface area contributed by atoms with Gasteiger partial charge in [-0.1, -0.05) is 6.07 Å². The second-order valence-corrected chi connectivity index (χ2v) is 6.44. The highest BCUT2D eigenvalue weighted by Gasteiger charge is 2.49. The summed E-state index contributed by atoms with van der Waals surface area (Å²) in [4.78, 5) is 10.9. The lowest BCUT2D eigenvalue weighted by Crippen LogP contribution is -2.48. The summed E-state index contributed by atoms with van der Waals surface area (Å²) in [6, 6.07) is 2.07. The molecule has 1 aromatic rings. The van der Waals surface area contributed by atoms with Crippen molar-refractivity contribution in [1.82, 2.24) is 5.32 Å². The molecular formula is C12H9F6NO5S. The van der Waals surface area contributed by atoms with Crippen LogP contribution in [0.1, 0.15) is 5.56 Å². The van der Waals surface area contributed by atoms with Gasteiger partial charge in [0.15, 0.2) is 0 Å². The summed E-state index contributed by atoms with van der Waals surface area (Å²) in [5.41, 5.74) is -5.90. The third-order valence-corrected chi connectivity index (χ3v) is 4.02. The highest BCUT2D eigenvalue weighted by atomic mass is 32.2. The van der Waals surface area contributed by atoms with E-state index in [0.29, 0.717) is 0 Å². The van der Waals surface area contributed by atoms with Crippen molar-refractivity contribution in [3.8, 4) is 11.5 Å². The molecule has 13 heteroatoms. The fourth-order valence-corrected chi connectivity index (χ4v) is 2.47. The highest BCUT2D eigenvalue weighted by molar-refractivity contribution is 7.88. The molecule has 6 nitrogen and oxygen atoms in total. The Kier molecular flexibility index (Phi) is 4.81. The van der Waals surface area contributed by atoms with Gasteiger partial charge in [-0.15, -0.1) is 0 Å². The van der Waals surface area contributed by atoms with E-state index in [1.807, 2.05) is 0 Å². The van der Waals surface area contributed by atoms with Gasteiger partial charge in [-0.3, -0.25) is 4.79 Å². The van der Waals surface area contributed by atoms with E-state index < -0.39 is 45.9 Å². The van der Waals surface area contributed by atoms with E-state index in [9.17, 15) is 39.6 Å². The van der Waals surface area contributed by atoms with Crippen LogP contribution in [-0.4, -0.2) is 38.7 Å². The van der Waals surface area contributed by atoms with Crippen molar-refractivity contribution in [2.45, 2.75) is 24.1 Å². The van der Waals surface area contributed by atoms with Crippen LogP contribution in [0.2, 0.25) is 0 Å². The molecule has 1 heterocycles. The molecule has 1 amide bonds. The largest absolute Gasteiger partial charge is 0.534 e. The summed E-state index contributed by atoms with van der Waals surface area (Å²) >= 11 is 0. The molecule has 0 saturated carbocycles. The van der Waals surface area contributed by atoms with Crippen LogP contribution in [0.15, 0.2) is 18.2 Å². The normalized spacial score (nSPS) is 18.1. The standard InChI is InChI=1S/C12H9F6NO5S/c13-11(14,15)10(20)19-6-4-7-8(23-5-6)2-1-3-9(7)24-25(21,22)12(16,17)18/h1-3,6H,4-5H2,(H,19,20). The van der Waals surface area contributed by atoms with Gasteiger partial charge in [0.2, 0.25) is 0 Å². The van der Waals surface area contributed by atoms with Crippen LogP contribution in [0.4, 0.5) is 26.3 Å². The minimum atomic E-state index is -5.97. The molecule has 1 aliphatic rings. The van der Waals surface area contributed by atoms with Gasteiger partial charge in [0.25, 0.3) is 0 Å². The van der Waals surface area contributed by atoms with Crippen molar-refractivity contribution in [1.29, 1.82) is 0 Å². The Balaban J connectivity index is 2.25. The molecule has 140 valence electrons. The lowest BCUT2D eigenvalue weighted by atomic mass is 10.0. The Morgan fingerprint density at radius 3 is 2.40 bits per heavy atom. The zero-order chi connectivity index (χ0) is 19.0. The molecule has 0 aliphatic carbocycles. The molecule has 1 atom stereocenters. The average molecular weight is 393 g/mol. The van der Waals surface area contributed by atoms with Gasteiger partial charge in [-0.05, 0) is 12.1 Å². The third-order valence-electron chi connectivity index (χ3n) is 3.06. The molecule has 1 unspecified atom stereocenters. The number of fused-ring (bicyclic) bond motifs is 1. The van der Waals surface area contributed by atoms with Crippen molar-refractivity contribution in [2.24, 2.45) is 0 Å². The Hall–Kier alpha value is -2.18. The van der Waals surface area contributed by atoms with E-state index in [4.69, 9.17) is 4.74 Å². The molecule has 0 spiro atoms. The van der Waals surface area contributed by atoms with Gasteiger partial charge in [-0.25, -0.2) is 0 Å². The van der Waals surface area contributed by atoms with E-state index in [-0.39, 0.29) is 17.9 Å². The van der Waals surface area contributed by atoms with E-state index in [1.54, 1.807) is 5.32 Å².